The lowest BCUT2D eigenvalue weighted by Crippen LogP contribution is -2.15. The zero-order chi connectivity index (χ0) is 12.3. The number of aliphatic carboxylic acids is 1. The van der Waals surface area contributed by atoms with Crippen molar-refractivity contribution in [1.82, 2.24) is 9.78 Å². The average molecular weight is 238 g/mol. The highest BCUT2D eigenvalue weighted by atomic mass is 16.5. The number of carboxylic acids is 1. The molecular weight excluding hydrogens is 220 g/mol. The highest BCUT2D eigenvalue weighted by Crippen LogP contribution is 2.29. The molecule has 2 rings (SSSR count). The highest BCUT2D eigenvalue weighted by Gasteiger charge is 2.21. The first-order valence-electron chi connectivity index (χ1n) is 5.99. The van der Waals surface area contributed by atoms with Gasteiger partial charge in [-0.05, 0) is 24.3 Å². The third-order valence-corrected chi connectivity index (χ3v) is 3.33. The molecule has 1 saturated heterocycles. The Morgan fingerprint density at radius 3 is 2.94 bits per heavy atom. The van der Waals surface area contributed by atoms with Gasteiger partial charge in [0.1, 0.15) is 0 Å². The first kappa shape index (κ1) is 12.1. The minimum Gasteiger partial charge on any atom is -0.481 e. The first-order valence-corrected chi connectivity index (χ1v) is 5.99. The maximum atomic E-state index is 10.6. The predicted molar refractivity (Wildman–Crippen MR) is 62.0 cm³/mol. The summed E-state index contributed by atoms with van der Waals surface area (Å²) in [5.41, 5.74) is 2.26. The molecule has 0 bridgehead atoms. The van der Waals surface area contributed by atoms with Gasteiger partial charge in [-0.1, -0.05) is 0 Å². The molecule has 0 atom stereocenters. The molecule has 0 spiro atoms. The summed E-state index contributed by atoms with van der Waals surface area (Å²) < 4.78 is 7.14. The fourth-order valence-corrected chi connectivity index (χ4v) is 2.36. The minimum absolute atomic E-state index is 0.162. The number of aromatic nitrogens is 2. The topological polar surface area (TPSA) is 64.4 Å². The number of carboxylic acid groups (broad SMARTS) is 1. The second kappa shape index (κ2) is 5.31. The van der Waals surface area contributed by atoms with Gasteiger partial charge in [0.15, 0.2) is 0 Å². The second-order valence-electron chi connectivity index (χ2n) is 4.45. The Labute approximate surface area is 100 Å². The van der Waals surface area contributed by atoms with Crippen molar-refractivity contribution in [2.75, 3.05) is 13.2 Å². The third kappa shape index (κ3) is 2.85. The molecule has 5 nitrogen and oxygen atoms in total. The van der Waals surface area contributed by atoms with Gasteiger partial charge in [0.2, 0.25) is 0 Å². The number of hydrogen-bond donors (Lipinski definition) is 1. The Hall–Kier alpha value is -1.36. The summed E-state index contributed by atoms with van der Waals surface area (Å²) in [5.74, 6) is -0.287. The monoisotopic (exact) mass is 238 g/mol. The van der Waals surface area contributed by atoms with E-state index in [2.05, 4.69) is 5.10 Å². The van der Waals surface area contributed by atoms with E-state index in [0.29, 0.717) is 12.3 Å². The zero-order valence-corrected chi connectivity index (χ0v) is 10.1. The van der Waals surface area contributed by atoms with Crippen LogP contribution >= 0.6 is 0 Å². The summed E-state index contributed by atoms with van der Waals surface area (Å²) in [5, 5.41) is 13.0. The molecule has 1 N–H and O–H groups in total. The highest BCUT2D eigenvalue weighted by molar-refractivity contribution is 5.67. The minimum atomic E-state index is -0.760. The molecule has 17 heavy (non-hydrogen) atoms. The van der Waals surface area contributed by atoms with Crippen LogP contribution in [0.15, 0.2) is 6.20 Å². The lowest BCUT2D eigenvalue weighted by Gasteiger charge is -2.22. The van der Waals surface area contributed by atoms with Crippen LogP contribution in [0, 0.1) is 0 Å². The number of rotatable bonds is 4. The van der Waals surface area contributed by atoms with Crippen molar-refractivity contribution in [3.8, 4) is 0 Å². The van der Waals surface area contributed by atoms with E-state index >= 15 is 0 Å². The molecule has 1 aliphatic heterocycles. The summed E-state index contributed by atoms with van der Waals surface area (Å²) in [6.45, 7) is 1.58. The summed E-state index contributed by atoms with van der Waals surface area (Å²) in [6.07, 6.45) is 4.61. The van der Waals surface area contributed by atoms with Gasteiger partial charge in [0, 0.05) is 32.4 Å². The van der Waals surface area contributed by atoms with Crippen LogP contribution in [0.4, 0.5) is 0 Å². The van der Waals surface area contributed by atoms with Gasteiger partial charge in [-0.2, -0.15) is 5.10 Å². The van der Waals surface area contributed by atoms with Crippen molar-refractivity contribution >= 4 is 5.97 Å². The standard InChI is InChI=1S/C12H18N2O3/c1-14-11(2-3-12(15)16)10(8-13-14)9-4-6-17-7-5-9/h8-9H,2-7H2,1H3,(H,15,16). The van der Waals surface area contributed by atoms with E-state index in [9.17, 15) is 4.79 Å². The quantitative estimate of drug-likeness (QED) is 0.859. The van der Waals surface area contributed by atoms with Crippen LogP contribution < -0.4 is 0 Å². The Morgan fingerprint density at radius 1 is 1.59 bits per heavy atom. The van der Waals surface area contributed by atoms with E-state index in [-0.39, 0.29) is 6.42 Å². The molecule has 1 aliphatic rings. The van der Waals surface area contributed by atoms with Gasteiger partial charge in [-0.25, -0.2) is 0 Å². The van der Waals surface area contributed by atoms with Crippen molar-refractivity contribution in [2.45, 2.75) is 31.6 Å². The van der Waals surface area contributed by atoms with Gasteiger partial charge in [-0.15, -0.1) is 0 Å². The van der Waals surface area contributed by atoms with E-state index in [0.717, 1.165) is 31.7 Å². The maximum Gasteiger partial charge on any atom is 0.303 e. The summed E-state index contributed by atoms with van der Waals surface area (Å²) in [6, 6.07) is 0. The van der Waals surface area contributed by atoms with Crippen molar-refractivity contribution < 1.29 is 14.6 Å². The molecule has 0 amide bonds. The van der Waals surface area contributed by atoms with E-state index in [4.69, 9.17) is 9.84 Å². The molecule has 1 aromatic heterocycles. The maximum absolute atomic E-state index is 10.6. The molecule has 0 saturated carbocycles. The van der Waals surface area contributed by atoms with Crippen molar-refractivity contribution in [3.05, 3.63) is 17.5 Å². The number of hydrogen-bond acceptors (Lipinski definition) is 3. The largest absolute Gasteiger partial charge is 0.481 e. The van der Waals surface area contributed by atoms with E-state index in [1.54, 1.807) is 4.68 Å². The van der Waals surface area contributed by atoms with Crippen molar-refractivity contribution in [1.29, 1.82) is 0 Å². The van der Waals surface area contributed by atoms with E-state index < -0.39 is 5.97 Å². The summed E-state index contributed by atoms with van der Waals surface area (Å²) >= 11 is 0. The van der Waals surface area contributed by atoms with Crippen LogP contribution in [0.5, 0.6) is 0 Å². The fourth-order valence-electron chi connectivity index (χ4n) is 2.36. The third-order valence-electron chi connectivity index (χ3n) is 3.33. The normalized spacial score (nSPS) is 17.2. The molecule has 94 valence electrons. The number of ether oxygens (including phenoxy) is 1. The first-order chi connectivity index (χ1) is 8.18. The van der Waals surface area contributed by atoms with Crippen LogP contribution in [-0.2, 0) is 23.0 Å². The number of carbonyl (C=O) groups is 1. The molecule has 0 radical (unpaired) electrons. The average Bonchev–Trinajstić information content (AvgIpc) is 2.69. The predicted octanol–water partition coefficient (Wildman–Crippen LogP) is 1.33. The van der Waals surface area contributed by atoms with Crippen LogP contribution in [0.3, 0.4) is 0 Å². The van der Waals surface area contributed by atoms with Crippen LogP contribution in [-0.4, -0.2) is 34.1 Å². The van der Waals surface area contributed by atoms with Gasteiger partial charge in [0.25, 0.3) is 0 Å². The molecular formula is C12H18N2O3. The Morgan fingerprint density at radius 2 is 2.29 bits per heavy atom. The zero-order valence-electron chi connectivity index (χ0n) is 10.1. The molecule has 1 fully saturated rings. The molecule has 0 aliphatic carbocycles. The van der Waals surface area contributed by atoms with E-state index in [1.165, 1.54) is 5.56 Å². The number of nitrogens with zero attached hydrogens (tertiary/aromatic N) is 2. The Bertz CT molecular complexity index is 394. The second-order valence-corrected chi connectivity index (χ2v) is 4.45. The number of aryl methyl sites for hydroxylation is 1. The van der Waals surface area contributed by atoms with Crippen molar-refractivity contribution in [2.24, 2.45) is 7.05 Å². The smallest absolute Gasteiger partial charge is 0.303 e. The fraction of sp³-hybridized carbons (Fsp3) is 0.667. The van der Waals surface area contributed by atoms with Gasteiger partial charge in [0.05, 0.1) is 12.6 Å². The van der Waals surface area contributed by atoms with E-state index in [1.807, 2.05) is 13.2 Å². The summed E-state index contributed by atoms with van der Waals surface area (Å²) in [4.78, 5) is 10.6. The van der Waals surface area contributed by atoms with Crippen molar-refractivity contribution in [3.63, 3.8) is 0 Å². The molecule has 1 aromatic rings. The van der Waals surface area contributed by atoms with Gasteiger partial charge < -0.3 is 9.84 Å². The SMILES string of the molecule is Cn1ncc(C2CCOCC2)c1CCC(=O)O. The van der Waals surface area contributed by atoms with Crippen LogP contribution in [0.25, 0.3) is 0 Å². The molecule has 5 heteroatoms. The Balaban J connectivity index is 2.12. The summed E-state index contributed by atoms with van der Waals surface area (Å²) in [7, 11) is 1.88. The molecule has 2 heterocycles. The van der Waals surface area contributed by atoms with Crippen LogP contribution in [0.1, 0.15) is 36.4 Å². The lowest BCUT2D eigenvalue weighted by molar-refractivity contribution is -0.136. The molecule has 0 aromatic carbocycles. The lowest BCUT2D eigenvalue weighted by atomic mass is 9.91. The Kier molecular flexibility index (Phi) is 3.78. The van der Waals surface area contributed by atoms with Gasteiger partial charge >= 0.3 is 5.97 Å². The van der Waals surface area contributed by atoms with Gasteiger partial charge in [-0.3, -0.25) is 9.48 Å². The van der Waals surface area contributed by atoms with Crippen LogP contribution in [0.2, 0.25) is 0 Å². The molecule has 0 unspecified atom stereocenters.